The fourth-order valence-electron chi connectivity index (χ4n) is 2.12. The number of ether oxygens (including phenoxy) is 1. The van der Waals surface area contributed by atoms with Crippen molar-refractivity contribution in [3.63, 3.8) is 0 Å². The summed E-state index contributed by atoms with van der Waals surface area (Å²) in [5.41, 5.74) is 2.93. The topological polar surface area (TPSA) is 21.6 Å². The molecule has 0 radical (unpaired) electrons. The van der Waals surface area contributed by atoms with Crippen LogP contribution in [0, 0.1) is 0 Å². The number of hydrogen-bond acceptors (Lipinski definition) is 2. The van der Waals surface area contributed by atoms with Crippen molar-refractivity contribution in [2.75, 3.05) is 7.11 Å². The summed E-state index contributed by atoms with van der Waals surface area (Å²) in [4.78, 5) is 4.60. The highest BCUT2D eigenvalue weighted by molar-refractivity contribution is 6.67. The number of rotatable bonds is 6. The van der Waals surface area contributed by atoms with Crippen LogP contribution in [0.2, 0.25) is 0 Å². The van der Waals surface area contributed by atoms with Crippen molar-refractivity contribution in [1.82, 2.24) is 0 Å². The van der Waals surface area contributed by atoms with Gasteiger partial charge in [0.05, 0.1) is 5.70 Å². The lowest BCUT2D eigenvalue weighted by Gasteiger charge is -2.12. The molecule has 2 nitrogen and oxygen atoms in total. The summed E-state index contributed by atoms with van der Waals surface area (Å²) < 4.78 is 5.36. The van der Waals surface area contributed by atoms with E-state index in [-0.39, 0.29) is 6.10 Å². The van der Waals surface area contributed by atoms with Crippen molar-refractivity contribution in [2.45, 2.75) is 19.4 Å². The van der Waals surface area contributed by atoms with E-state index in [2.05, 4.69) is 4.99 Å². The van der Waals surface area contributed by atoms with Crippen molar-refractivity contribution >= 4 is 28.5 Å². The zero-order valence-corrected chi connectivity index (χ0v) is 13.6. The molecule has 1 atom stereocenters. The summed E-state index contributed by atoms with van der Waals surface area (Å²) >= 11 is 6.34. The number of methoxy groups -OCH3 is 1. The van der Waals surface area contributed by atoms with Crippen molar-refractivity contribution in [3.8, 4) is 0 Å². The van der Waals surface area contributed by atoms with E-state index in [4.69, 9.17) is 16.3 Å². The second kappa shape index (κ2) is 8.52. The van der Waals surface area contributed by atoms with Crippen LogP contribution in [0.4, 0.5) is 0 Å². The molecule has 0 aromatic heterocycles. The molecule has 1 unspecified atom stereocenters. The Hall–Kier alpha value is -1.90. The Morgan fingerprint density at radius 2 is 1.68 bits per heavy atom. The number of nitrogens with zero attached hydrogens (tertiary/aromatic N) is 1. The molecule has 0 heterocycles. The summed E-state index contributed by atoms with van der Waals surface area (Å²) in [5.74, 6) is 0. The molecule has 0 aliphatic rings. The van der Waals surface area contributed by atoms with E-state index in [0.29, 0.717) is 5.17 Å². The van der Waals surface area contributed by atoms with Gasteiger partial charge in [-0.25, -0.2) is 4.99 Å². The highest BCUT2D eigenvalue weighted by atomic mass is 35.5. The van der Waals surface area contributed by atoms with E-state index in [1.54, 1.807) is 7.11 Å². The van der Waals surface area contributed by atoms with Crippen LogP contribution >= 0.6 is 11.6 Å². The predicted molar refractivity (Wildman–Crippen MR) is 95.1 cm³/mol. The number of benzene rings is 2. The third-order valence-corrected chi connectivity index (χ3v) is 3.65. The summed E-state index contributed by atoms with van der Waals surface area (Å²) in [6, 6.07) is 20.1. The monoisotopic (exact) mass is 313 g/mol. The van der Waals surface area contributed by atoms with Crippen LogP contribution in [-0.2, 0) is 4.74 Å². The molecule has 0 aliphatic carbocycles. The van der Waals surface area contributed by atoms with E-state index >= 15 is 0 Å². The van der Waals surface area contributed by atoms with E-state index in [0.717, 1.165) is 23.2 Å². The molecule has 22 heavy (non-hydrogen) atoms. The van der Waals surface area contributed by atoms with Gasteiger partial charge in [0.25, 0.3) is 0 Å². The van der Waals surface area contributed by atoms with Gasteiger partial charge >= 0.3 is 0 Å². The smallest absolute Gasteiger partial charge is 0.135 e. The molecule has 0 amide bonds. The van der Waals surface area contributed by atoms with E-state index in [1.165, 1.54) is 0 Å². The number of aliphatic imine (C=N–C) groups is 1. The van der Waals surface area contributed by atoms with Gasteiger partial charge < -0.3 is 4.74 Å². The Kier molecular flexibility index (Phi) is 6.38. The van der Waals surface area contributed by atoms with Crippen LogP contribution in [0.25, 0.3) is 11.8 Å². The van der Waals surface area contributed by atoms with Gasteiger partial charge in [-0.05, 0) is 18.1 Å². The molecular formula is C19H20ClNO. The maximum atomic E-state index is 6.34. The molecule has 0 aliphatic heterocycles. The Labute approximate surface area is 137 Å². The predicted octanol–water partition coefficient (Wildman–Crippen LogP) is 5.25. The van der Waals surface area contributed by atoms with Crippen LogP contribution in [0.5, 0.6) is 0 Å². The van der Waals surface area contributed by atoms with Crippen molar-refractivity contribution in [3.05, 3.63) is 71.8 Å². The quantitative estimate of drug-likeness (QED) is 0.527. The molecule has 2 rings (SSSR count). The van der Waals surface area contributed by atoms with Crippen molar-refractivity contribution in [2.24, 2.45) is 4.99 Å². The Balaban J connectivity index is 2.43. The van der Waals surface area contributed by atoms with Gasteiger partial charge in [-0.1, -0.05) is 79.2 Å². The van der Waals surface area contributed by atoms with Crippen LogP contribution in [0.1, 0.15) is 24.5 Å². The van der Waals surface area contributed by atoms with E-state index in [9.17, 15) is 0 Å². The van der Waals surface area contributed by atoms with Crippen molar-refractivity contribution in [1.29, 1.82) is 0 Å². The minimum atomic E-state index is -0.176. The average molecular weight is 314 g/mol. The molecule has 2 aromatic rings. The Morgan fingerprint density at radius 3 is 2.23 bits per heavy atom. The van der Waals surface area contributed by atoms with Crippen LogP contribution in [0.3, 0.4) is 0 Å². The minimum absolute atomic E-state index is 0.176. The summed E-state index contributed by atoms with van der Waals surface area (Å²) in [6.07, 6.45) is 2.64. The lowest BCUT2D eigenvalue weighted by Crippen LogP contribution is -2.17. The van der Waals surface area contributed by atoms with Gasteiger partial charge in [0.1, 0.15) is 11.3 Å². The normalized spacial score (nSPS) is 14.0. The van der Waals surface area contributed by atoms with Gasteiger partial charge in [-0.15, -0.1) is 0 Å². The first-order chi connectivity index (χ1) is 10.7. The highest BCUT2D eigenvalue weighted by Crippen LogP contribution is 2.21. The second-order valence-electron chi connectivity index (χ2n) is 4.87. The molecule has 0 spiro atoms. The number of halogens is 1. The zero-order valence-electron chi connectivity index (χ0n) is 12.9. The largest absolute Gasteiger partial charge is 0.374 e. The average Bonchev–Trinajstić information content (AvgIpc) is 2.57. The second-order valence-corrected chi connectivity index (χ2v) is 5.26. The third kappa shape index (κ3) is 4.55. The number of hydrogen-bond donors (Lipinski definition) is 0. The maximum absolute atomic E-state index is 6.34. The molecule has 0 saturated carbocycles. The lowest BCUT2D eigenvalue weighted by molar-refractivity contribution is 0.155. The molecule has 3 heteroatoms. The fraction of sp³-hybridized carbons (Fsp3) is 0.211. The van der Waals surface area contributed by atoms with Gasteiger partial charge in [0.15, 0.2) is 0 Å². The third-order valence-electron chi connectivity index (χ3n) is 3.32. The summed E-state index contributed by atoms with van der Waals surface area (Å²) in [7, 11) is 1.65. The SMILES string of the molecule is CCC(OC)C(Cl)=NC(=Cc1ccccc1)c1ccccc1. The zero-order chi connectivity index (χ0) is 15.8. The fourth-order valence-corrected chi connectivity index (χ4v) is 2.45. The van der Waals surface area contributed by atoms with Crippen LogP contribution in [0.15, 0.2) is 65.7 Å². The Morgan fingerprint density at radius 1 is 1.09 bits per heavy atom. The van der Waals surface area contributed by atoms with Crippen LogP contribution < -0.4 is 0 Å². The molecule has 0 bridgehead atoms. The van der Waals surface area contributed by atoms with E-state index in [1.807, 2.05) is 73.7 Å². The lowest BCUT2D eigenvalue weighted by atomic mass is 10.1. The van der Waals surface area contributed by atoms with Gasteiger partial charge in [0.2, 0.25) is 0 Å². The van der Waals surface area contributed by atoms with E-state index < -0.39 is 0 Å². The molecule has 0 N–H and O–H groups in total. The first-order valence-corrected chi connectivity index (χ1v) is 7.71. The Bertz CT molecular complexity index is 631. The highest BCUT2D eigenvalue weighted by Gasteiger charge is 2.12. The maximum Gasteiger partial charge on any atom is 0.135 e. The van der Waals surface area contributed by atoms with Crippen LogP contribution in [-0.4, -0.2) is 18.4 Å². The van der Waals surface area contributed by atoms with Crippen molar-refractivity contribution < 1.29 is 4.74 Å². The first-order valence-electron chi connectivity index (χ1n) is 7.33. The van der Waals surface area contributed by atoms with Gasteiger partial charge in [0, 0.05) is 12.7 Å². The summed E-state index contributed by atoms with van der Waals surface area (Å²) in [6.45, 7) is 2.02. The molecule has 114 valence electrons. The molecule has 0 saturated heterocycles. The summed E-state index contributed by atoms with van der Waals surface area (Å²) in [5, 5.41) is 0.469. The molecule has 0 fully saturated rings. The minimum Gasteiger partial charge on any atom is -0.374 e. The van der Waals surface area contributed by atoms with Gasteiger partial charge in [-0.3, -0.25) is 0 Å². The molecule has 2 aromatic carbocycles. The van der Waals surface area contributed by atoms with Gasteiger partial charge in [-0.2, -0.15) is 0 Å². The standard InChI is InChI=1S/C19H20ClNO/c1-3-18(22-2)19(20)21-17(16-12-8-5-9-13-16)14-15-10-6-4-7-11-15/h4-14,18H,3H2,1-2H3. The molecular weight excluding hydrogens is 294 g/mol. The first kappa shape index (κ1) is 16.5.